The summed E-state index contributed by atoms with van der Waals surface area (Å²) >= 11 is 0. The van der Waals surface area contributed by atoms with Gasteiger partial charge in [0.25, 0.3) is 0 Å². The third-order valence-corrected chi connectivity index (χ3v) is 1.04. The van der Waals surface area contributed by atoms with E-state index in [0.717, 1.165) is 0 Å². The summed E-state index contributed by atoms with van der Waals surface area (Å²) in [7, 11) is -4.51. The first-order valence-electron chi connectivity index (χ1n) is 2.81. The normalized spacial score (nSPS) is 13.6. The molecule has 0 amide bonds. The van der Waals surface area contributed by atoms with Crippen LogP contribution in [0.2, 0.25) is 0 Å². The van der Waals surface area contributed by atoms with E-state index in [1.807, 2.05) is 0 Å². The maximum atomic E-state index is 9.90. The average molecular weight is 167 g/mol. The van der Waals surface area contributed by atoms with Gasteiger partial charge in [-0.3, -0.25) is 4.18 Å². The van der Waals surface area contributed by atoms with Crippen molar-refractivity contribution in [3.05, 3.63) is 0 Å². The van der Waals surface area contributed by atoms with E-state index in [0.29, 0.717) is 0 Å². The van der Waals surface area contributed by atoms with E-state index in [1.54, 1.807) is 20.8 Å². The Kier molecular flexibility index (Phi) is 2.82. The van der Waals surface area contributed by atoms with Crippen LogP contribution in [0, 0.1) is 5.41 Å². The van der Waals surface area contributed by atoms with Crippen LogP contribution < -0.4 is 0 Å². The molecule has 62 valence electrons. The summed E-state index contributed by atoms with van der Waals surface area (Å²) in [5.74, 6) is 0. The quantitative estimate of drug-likeness (QED) is 0.444. The zero-order valence-corrected chi connectivity index (χ0v) is 7.06. The highest BCUT2D eigenvalue weighted by Crippen LogP contribution is 2.13. The van der Waals surface area contributed by atoms with Crippen LogP contribution in [0.5, 0.6) is 0 Å². The molecular formula is C5H11O4S-. The van der Waals surface area contributed by atoms with E-state index >= 15 is 0 Å². The second-order valence-corrected chi connectivity index (χ2v) is 4.28. The highest BCUT2D eigenvalue weighted by atomic mass is 32.3. The Bertz CT molecular complexity index is 186. The third-order valence-electron chi connectivity index (χ3n) is 0.636. The van der Waals surface area contributed by atoms with Gasteiger partial charge in [-0.1, -0.05) is 20.8 Å². The summed E-state index contributed by atoms with van der Waals surface area (Å²) in [5.41, 5.74) is -0.294. The van der Waals surface area contributed by atoms with Crippen molar-refractivity contribution in [2.75, 3.05) is 6.61 Å². The number of hydrogen-bond donors (Lipinski definition) is 0. The lowest BCUT2D eigenvalue weighted by molar-refractivity contribution is 0.178. The van der Waals surface area contributed by atoms with Crippen molar-refractivity contribution < 1.29 is 17.2 Å². The van der Waals surface area contributed by atoms with Gasteiger partial charge in [-0.15, -0.1) is 0 Å². The molecule has 4 nitrogen and oxygen atoms in total. The van der Waals surface area contributed by atoms with E-state index in [4.69, 9.17) is 0 Å². The van der Waals surface area contributed by atoms with Crippen molar-refractivity contribution in [3.63, 3.8) is 0 Å². The summed E-state index contributed by atoms with van der Waals surface area (Å²) < 4.78 is 33.7. The Balaban J connectivity index is 3.79. The van der Waals surface area contributed by atoms with E-state index in [9.17, 15) is 13.0 Å². The maximum absolute atomic E-state index is 9.90. The molecule has 0 aromatic rings. The second-order valence-electron chi connectivity index (χ2n) is 3.23. The van der Waals surface area contributed by atoms with Crippen LogP contribution in [0.3, 0.4) is 0 Å². The summed E-state index contributed by atoms with van der Waals surface area (Å²) in [5, 5.41) is 0. The van der Waals surface area contributed by atoms with Gasteiger partial charge in [0, 0.05) is 0 Å². The van der Waals surface area contributed by atoms with E-state index in [2.05, 4.69) is 4.18 Å². The van der Waals surface area contributed by atoms with Crippen molar-refractivity contribution in [1.82, 2.24) is 0 Å². The molecule has 0 unspecified atom stereocenters. The van der Waals surface area contributed by atoms with Gasteiger partial charge in [-0.25, -0.2) is 8.42 Å². The summed E-state index contributed by atoms with van der Waals surface area (Å²) in [6.07, 6.45) is 0. The van der Waals surface area contributed by atoms with Gasteiger partial charge < -0.3 is 4.55 Å². The minimum atomic E-state index is -4.51. The predicted octanol–water partition coefficient (Wildman–Crippen LogP) is 0.509. The molecule has 0 aliphatic heterocycles. The molecule has 10 heavy (non-hydrogen) atoms. The topological polar surface area (TPSA) is 66.4 Å². The molecule has 0 radical (unpaired) electrons. The van der Waals surface area contributed by atoms with Gasteiger partial charge in [-0.05, 0) is 5.41 Å². The van der Waals surface area contributed by atoms with Crippen LogP contribution in [0.4, 0.5) is 0 Å². The molecule has 0 aliphatic rings. The Morgan fingerprint density at radius 3 is 1.90 bits per heavy atom. The van der Waals surface area contributed by atoms with Crippen LogP contribution in [-0.2, 0) is 14.6 Å². The van der Waals surface area contributed by atoms with Gasteiger partial charge in [0.05, 0.1) is 6.61 Å². The Labute approximate surface area is 61.2 Å². The van der Waals surface area contributed by atoms with Crippen molar-refractivity contribution >= 4 is 10.4 Å². The highest BCUT2D eigenvalue weighted by Gasteiger charge is 2.11. The molecule has 0 spiro atoms. The average Bonchev–Trinajstić information content (AvgIpc) is 1.57. The molecule has 0 saturated heterocycles. The molecule has 0 aliphatic carbocycles. The minimum Gasteiger partial charge on any atom is -0.726 e. The molecule has 0 atom stereocenters. The molecule has 0 rings (SSSR count). The first kappa shape index (κ1) is 9.87. The lowest BCUT2D eigenvalue weighted by Gasteiger charge is -2.18. The molecule has 0 fully saturated rings. The van der Waals surface area contributed by atoms with Gasteiger partial charge in [0.2, 0.25) is 10.4 Å². The van der Waals surface area contributed by atoms with E-state index < -0.39 is 10.4 Å². The fourth-order valence-electron chi connectivity index (χ4n) is 0.249. The lowest BCUT2D eigenvalue weighted by Crippen LogP contribution is -2.18. The maximum Gasteiger partial charge on any atom is 0.217 e. The van der Waals surface area contributed by atoms with Gasteiger partial charge >= 0.3 is 0 Å². The van der Waals surface area contributed by atoms with Crippen molar-refractivity contribution in [2.45, 2.75) is 20.8 Å². The predicted molar refractivity (Wildman–Crippen MR) is 35.1 cm³/mol. The van der Waals surface area contributed by atoms with Crippen LogP contribution >= 0.6 is 0 Å². The highest BCUT2D eigenvalue weighted by molar-refractivity contribution is 7.80. The summed E-state index contributed by atoms with van der Waals surface area (Å²) in [6.45, 7) is 5.26. The van der Waals surface area contributed by atoms with Crippen LogP contribution in [0.1, 0.15) is 20.8 Å². The van der Waals surface area contributed by atoms with Crippen molar-refractivity contribution in [3.8, 4) is 0 Å². The SMILES string of the molecule is CC(C)(C)COS(=O)(=O)[O-]. The third kappa shape index (κ3) is 7.87. The molecule has 0 bridgehead atoms. The summed E-state index contributed by atoms with van der Waals surface area (Å²) in [4.78, 5) is 0. The first-order valence-corrected chi connectivity index (χ1v) is 4.14. The Morgan fingerprint density at radius 2 is 1.80 bits per heavy atom. The van der Waals surface area contributed by atoms with Crippen LogP contribution in [-0.4, -0.2) is 19.6 Å². The molecule has 0 saturated carbocycles. The molecule has 0 N–H and O–H groups in total. The smallest absolute Gasteiger partial charge is 0.217 e. The Morgan fingerprint density at radius 1 is 1.40 bits per heavy atom. The van der Waals surface area contributed by atoms with E-state index in [-0.39, 0.29) is 12.0 Å². The first-order chi connectivity index (χ1) is 4.21. The Hall–Kier alpha value is -0.130. The zero-order valence-electron chi connectivity index (χ0n) is 6.25. The van der Waals surface area contributed by atoms with E-state index in [1.165, 1.54) is 0 Å². The zero-order chi connectivity index (χ0) is 8.41. The molecule has 0 aromatic carbocycles. The molecule has 5 heteroatoms. The number of hydrogen-bond acceptors (Lipinski definition) is 4. The monoisotopic (exact) mass is 167 g/mol. The second kappa shape index (κ2) is 2.86. The number of rotatable bonds is 2. The fraction of sp³-hybridized carbons (Fsp3) is 1.00. The molecular weight excluding hydrogens is 156 g/mol. The largest absolute Gasteiger partial charge is 0.726 e. The van der Waals surface area contributed by atoms with Crippen molar-refractivity contribution in [2.24, 2.45) is 5.41 Å². The van der Waals surface area contributed by atoms with Gasteiger partial charge in [0.1, 0.15) is 0 Å². The lowest BCUT2D eigenvalue weighted by atomic mass is 9.99. The molecule has 0 aromatic heterocycles. The minimum absolute atomic E-state index is 0.0706. The van der Waals surface area contributed by atoms with Crippen LogP contribution in [0.15, 0.2) is 0 Å². The fourth-order valence-corrected chi connectivity index (χ4v) is 0.747. The van der Waals surface area contributed by atoms with Gasteiger partial charge in [0.15, 0.2) is 0 Å². The van der Waals surface area contributed by atoms with Crippen molar-refractivity contribution in [1.29, 1.82) is 0 Å². The summed E-state index contributed by atoms with van der Waals surface area (Å²) in [6, 6.07) is 0. The van der Waals surface area contributed by atoms with Gasteiger partial charge in [-0.2, -0.15) is 0 Å². The van der Waals surface area contributed by atoms with Crippen LogP contribution in [0.25, 0.3) is 0 Å². The standard InChI is InChI=1S/C5H12O4S/c1-5(2,3)4-9-10(6,7)8/h4H2,1-3H3,(H,6,7,8)/p-1. The molecule has 0 heterocycles.